The van der Waals surface area contributed by atoms with Crippen LogP contribution in [-0.4, -0.2) is 28.0 Å². The van der Waals surface area contributed by atoms with E-state index >= 15 is 0 Å². The number of hydrogen-bond acceptors (Lipinski definition) is 3. The number of benzene rings is 1. The Morgan fingerprint density at radius 2 is 2.00 bits per heavy atom. The quantitative estimate of drug-likeness (QED) is 0.807. The molecule has 1 aromatic carbocycles. The lowest BCUT2D eigenvalue weighted by Gasteiger charge is -2.45. The monoisotopic (exact) mass is 296 g/mol. The molecule has 0 bridgehead atoms. The second kappa shape index (κ2) is 4.80. The summed E-state index contributed by atoms with van der Waals surface area (Å²) in [6.07, 6.45) is 4.39. The first kappa shape index (κ1) is 13.2. The van der Waals surface area contributed by atoms with Crippen molar-refractivity contribution < 1.29 is 4.39 Å². The van der Waals surface area contributed by atoms with Crippen LogP contribution in [0.1, 0.15) is 18.1 Å². The minimum Gasteiger partial charge on any atom is -0.349 e. The highest BCUT2D eigenvalue weighted by Crippen LogP contribution is 2.40. The van der Waals surface area contributed by atoms with Crippen LogP contribution in [0.3, 0.4) is 0 Å². The summed E-state index contributed by atoms with van der Waals surface area (Å²) < 4.78 is 15.0. The lowest BCUT2D eigenvalue weighted by atomic mass is 9.88. The molecule has 2 aromatic heterocycles. The minimum absolute atomic E-state index is 0.331. The van der Waals surface area contributed by atoms with Crippen molar-refractivity contribution in [1.82, 2.24) is 15.0 Å². The van der Waals surface area contributed by atoms with E-state index in [9.17, 15) is 4.39 Å². The molecule has 0 saturated carbocycles. The summed E-state index contributed by atoms with van der Waals surface area (Å²) in [7, 11) is 0. The molecular weight excluding hydrogens is 279 g/mol. The maximum Gasteiger partial charge on any atom is 0.170 e. The third-order valence-electron chi connectivity index (χ3n) is 4.39. The Bertz CT molecular complexity index is 806. The largest absolute Gasteiger partial charge is 0.349 e. The van der Waals surface area contributed by atoms with Gasteiger partial charge >= 0.3 is 0 Å². The van der Waals surface area contributed by atoms with Crippen LogP contribution in [-0.2, 0) is 12.1 Å². The molecule has 0 spiro atoms. The van der Waals surface area contributed by atoms with Crippen LogP contribution in [0.15, 0.2) is 42.9 Å². The van der Waals surface area contributed by atoms with Crippen LogP contribution in [0.4, 0.5) is 10.2 Å². The SMILES string of the molecule is CCc1c[nH]c2ncnc(N3CC(F)(c4ccccc4)C3)c12. The lowest BCUT2D eigenvalue weighted by molar-refractivity contribution is 0.119. The molecule has 3 heterocycles. The van der Waals surface area contributed by atoms with E-state index in [-0.39, 0.29) is 0 Å². The number of fused-ring (bicyclic) bond motifs is 1. The molecule has 0 radical (unpaired) electrons. The van der Waals surface area contributed by atoms with Gasteiger partial charge < -0.3 is 9.88 Å². The minimum atomic E-state index is -1.29. The number of aryl methyl sites for hydroxylation is 1. The zero-order valence-electron chi connectivity index (χ0n) is 12.4. The molecule has 0 aliphatic carbocycles. The normalized spacial score (nSPS) is 16.7. The van der Waals surface area contributed by atoms with Gasteiger partial charge in [-0.1, -0.05) is 37.3 Å². The van der Waals surface area contributed by atoms with Crippen LogP contribution >= 0.6 is 0 Å². The topological polar surface area (TPSA) is 44.8 Å². The van der Waals surface area contributed by atoms with E-state index < -0.39 is 5.67 Å². The van der Waals surface area contributed by atoms with E-state index in [2.05, 4.69) is 21.9 Å². The average molecular weight is 296 g/mol. The van der Waals surface area contributed by atoms with Gasteiger partial charge in [-0.05, 0) is 17.5 Å². The molecule has 0 amide bonds. The number of H-pyrrole nitrogens is 1. The lowest BCUT2D eigenvalue weighted by Crippen LogP contribution is -2.57. The zero-order valence-corrected chi connectivity index (χ0v) is 12.4. The summed E-state index contributed by atoms with van der Waals surface area (Å²) in [5, 5.41) is 1.01. The molecule has 1 fully saturated rings. The van der Waals surface area contributed by atoms with Crippen LogP contribution in [0, 0.1) is 0 Å². The molecule has 1 aliphatic rings. The van der Waals surface area contributed by atoms with Crippen LogP contribution in [0.25, 0.3) is 11.0 Å². The van der Waals surface area contributed by atoms with Gasteiger partial charge in [-0.2, -0.15) is 0 Å². The zero-order chi connectivity index (χ0) is 15.2. The summed E-state index contributed by atoms with van der Waals surface area (Å²) in [6.45, 7) is 2.76. The van der Waals surface area contributed by atoms with Crippen molar-refractivity contribution in [3.05, 3.63) is 54.0 Å². The molecule has 1 aliphatic heterocycles. The van der Waals surface area contributed by atoms with E-state index in [1.807, 2.05) is 41.4 Å². The first-order valence-corrected chi connectivity index (χ1v) is 7.51. The number of halogens is 1. The van der Waals surface area contributed by atoms with E-state index in [1.54, 1.807) is 0 Å². The van der Waals surface area contributed by atoms with E-state index in [0.29, 0.717) is 13.1 Å². The number of nitrogens with zero attached hydrogens (tertiary/aromatic N) is 3. The molecular formula is C17H17FN4. The molecule has 112 valence electrons. The highest BCUT2D eigenvalue weighted by molar-refractivity contribution is 5.91. The second-order valence-electron chi connectivity index (χ2n) is 5.78. The van der Waals surface area contributed by atoms with Crippen molar-refractivity contribution in [2.24, 2.45) is 0 Å². The van der Waals surface area contributed by atoms with Crippen molar-refractivity contribution in [2.75, 3.05) is 18.0 Å². The Morgan fingerprint density at radius 3 is 2.73 bits per heavy atom. The Hall–Kier alpha value is -2.43. The molecule has 0 unspecified atom stereocenters. The van der Waals surface area contributed by atoms with E-state index in [0.717, 1.165) is 28.8 Å². The second-order valence-corrected chi connectivity index (χ2v) is 5.78. The maximum absolute atomic E-state index is 15.0. The highest BCUT2D eigenvalue weighted by atomic mass is 19.1. The van der Waals surface area contributed by atoms with Gasteiger partial charge in [0.1, 0.15) is 17.8 Å². The van der Waals surface area contributed by atoms with Gasteiger partial charge in [0.25, 0.3) is 0 Å². The van der Waals surface area contributed by atoms with Gasteiger partial charge in [0.15, 0.2) is 5.67 Å². The molecule has 4 rings (SSSR count). The number of aromatic nitrogens is 3. The van der Waals surface area contributed by atoms with Gasteiger partial charge in [-0.3, -0.25) is 0 Å². The summed E-state index contributed by atoms with van der Waals surface area (Å²) in [4.78, 5) is 13.8. The molecule has 4 nitrogen and oxygen atoms in total. The smallest absolute Gasteiger partial charge is 0.170 e. The predicted octanol–water partition coefficient (Wildman–Crippen LogP) is 3.21. The van der Waals surface area contributed by atoms with Gasteiger partial charge in [-0.15, -0.1) is 0 Å². The predicted molar refractivity (Wildman–Crippen MR) is 84.7 cm³/mol. The Labute approximate surface area is 128 Å². The van der Waals surface area contributed by atoms with Crippen LogP contribution < -0.4 is 4.90 Å². The average Bonchev–Trinajstić information content (AvgIpc) is 2.96. The first-order valence-electron chi connectivity index (χ1n) is 7.51. The summed E-state index contributed by atoms with van der Waals surface area (Å²) in [5.74, 6) is 0.826. The fourth-order valence-electron chi connectivity index (χ4n) is 3.16. The third-order valence-corrected chi connectivity index (χ3v) is 4.39. The Kier molecular flexibility index (Phi) is 2.89. The number of hydrogen-bond donors (Lipinski definition) is 1. The first-order chi connectivity index (χ1) is 10.7. The molecule has 5 heteroatoms. The van der Waals surface area contributed by atoms with Gasteiger partial charge in [0.05, 0.1) is 18.5 Å². The molecule has 22 heavy (non-hydrogen) atoms. The fraction of sp³-hybridized carbons (Fsp3) is 0.294. The molecule has 3 aromatic rings. The summed E-state index contributed by atoms with van der Waals surface area (Å²) in [6, 6.07) is 9.36. The van der Waals surface area contributed by atoms with Crippen molar-refractivity contribution in [2.45, 2.75) is 19.0 Å². The van der Waals surface area contributed by atoms with Gasteiger partial charge in [-0.25, -0.2) is 14.4 Å². The number of nitrogens with one attached hydrogen (secondary N) is 1. The highest BCUT2D eigenvalue weighted by Gasteiger charge is 2.46. The third kappa shape index (κ3) is 1.89. The van der Waals surface area contributed by atoms with Gasteiger partial charge in [0, 0.05) is 6.20 Å². The summed E-state index contributed by atoms with van der Waals surface area (Å²) in [5.41, 5.74) is 1.43. The fourth-order valence-corrected chi connectivity index (χ4v) is 3.16. The maximum atomic E-state index is 15.0. The number of rotatable bonds is 3. The molecule has 0 atom stereocenters. The van der Waals surface area contributed by atoms with E-state index in [1.165, 1.54) is 11.9 Å². The van der Waals surface area contributed by atoms with Crippen molar-refractivity contribution in [3.63, 3.8) is 0 Å². The molecule has 1 N–H and O–H groups in total. The Balaban J connectivity index is 1.67. The van der Waals surface area contributed by atoms with Crippen molar-refractivity contribution in [1.29, 1.82) is 0 Å². The summed E-state index contributed by atoms with van der Waals surface area (Å²) >= 11 is 0. The number of aromatic amines is 1. The standard InChI is InChI=1S/C17H17FN4/c1-2-12-8-19-15-14(12)16(21-11-20-15)22-9-17(18,10-22)13-6-4-3-5-7-13/h3-8,11H,2,9-10H2,1H3,(H,19,20,21). The number of alkyl halides is 1. The van der Waals surface area contributed by atoms with Crippen molar-refractivity contribution in [3.8, 4) is 0 Å². The number of anilines is 1. The Morgan fingerprint density at radius 1 is 1.23 bits per heavy atom. The van der Waals surface area contributed by atoms with Crippen LogP contribution in [0.2, 0.25) is 0 Å². The van der Waals surface area contributed by atoms with E-state index in [4.69, 9.17) is 0 Å². The van der Waals surface area contributed by atoms with Gasteiger partial charge in [0.2, 0.25) is 0 Å². The molecule has 1 saturated heterocycles. The van der Waals surface area contributed by atoms with Crippen molar-refractivity contribution >= 4 is 16.9 Å². The van der Waals surface area contributed by atoms with Crippen LogP contribution in [0.5, 0.6) is 0 Å².